The fourth-order valence-electron chi connectivity index (χ4n) is 4.26. The standard InChI is InChI=1S/C31H39N3O6S/c1-7-28(30(36)32-31(2,3)4)33(21-23-12-11-15-27(20-23)39-5)29(35)22-34(41(6,37)38)24-16-18-26(19-17-24)40-25-13-9-8-10-14-25/h8-20,28H,7,21-22H2,1-6H3,(H,32,36)/t28-/m0/s1. The maximum Gasteiger partial charge on any atom is 0.244 e. The summed E-state index contributed by atoms with van der Waals surface area (Å²) in [5.41, 5.74) is 0.528. The third kappa shape index (κ3) is 9.24. The van der Waals surface area contributed by atoms with Gasteiger partial charge in [-0.15, -0.1) is 0 Å². The molecule has 3 aromatic carbocycles. The summed E-state index contributed by atoms with van der Waals surface area (Å²) >= 11 is 0. The van der Waals surface area contributed by atoms with Crippen LogP contribution < -0.4 is 19.1 Å². The molecular weight excluding hydrogens is 542 g/mol. The van der Waals surface area contributed by atoms with Gasteiger partial charge in [0.15, 0.2) is 0 Å². The number of carbonyl (C=O) groups is 2. The Labute approximate surface area is 243 Å². The van der Waals surface area contributed by atoms with Gasteiger partial charge in [0.1, 0.15) is 29.8 Å². The number of benzene rings is 3. The van der Waals surface area contributed by atoms with Crippen LogP contribution in [0, 0.1) is 0 Å². The smallest absolute Gasteiger partial charge is 0.244 e. The van der Waals surface area contributed by atoms with Gasteiger partial charge in [-0.1, -0.05) is 37.3 Å². The maximum absolute atomic E-state index is 13.9. The molecule has 0 bridgehead atoms. The maximum atomic E-state index is 13.9. The Balaban J connectivity index is 1.92. The quantitative estimate of drug-likeness (QED) is 0.324. The van der Waals surface area contributed by atoms with E-state index >= 15 is 0 Å². The predicted molar refractivity (Wildman–Crippen MR) is 161 cm³/mol. The summed E-state index contributed by atoms with van der Waals surface area (Å²) in [4.78, 5) is 28.6. The highest BCUT2D eigenvalue weighted by Crippen LogP contribution is 2.26. The monoisotopic (exact) mass is 581 g/mol. The molecule has 1 N–H and O–H groups in total. The van der Waals surface area contributed by atoms with Gasteiger partial charge in [-0.25, -0.2) is 8.42 Å². The van der Waals surface area contributed by atoms with Crippen molar-refractivity contribution >= 4 is 27.5 Å². The molecule has 3 rings (SSSR count). The Bertz CT molecular complexity index is 1420. The lowest BCUT2D eigenvalue weighted by molar-refractivity contribution is -0.141. The number of carbonyl (C=O) groups excluding carboxylic acids is 2. The van der Waals surface area contributed by atoms with Gasteiger partial charge in [0.2, 0.25) is 21.8 Å². The molecule has 0 radical (unpaired) electrons. The van der Waals surface area contributed by atoms with E-state index in [-0.39, 0.29) is 12.5 Å². The summed E-state index contributed by atoms with van der Waals surface area (Å²) in [6.45, 7) is 7.01. The van der Waals surface area contributed by atoms with Crippen LogP contribution in [0.2, 0.25) is 0 Å². The fourth-order valence-corrected chi connectivity index (χ4v) is 5.11. The molecule has 9 nitrogen and oxygen atoms in total. The number of hydrogen-bond acceptors (Lipinski definition) is 6. The molecule has 41 heavy (non-hydrogen) atoms. The molecule has 0 heterocycles. The van der Waals surface area contributed by atoms with Crippen molar-refractivity contribution in [3.8, 4) is 17.2 Å². The van der Waals surface area contributed by atoms with E-state index in [1.54, 1.807) is 49.6 Å². The first-order chi connectivity index (χ1) is 19.3. The molecule has 0 spiro atoms. The van der Waals surface area contributed by atoms with Crippen LogP contribution in [0.1, 0.15) is 39.7 Å². The number of methoxy groups -OCH3 is 1. The van der Waals surface area contributed by atoms with Crippen molar-refractivity contribution in [2.75, 3.05) is 24.2 Å². The lowest BCUT2D eigenvalue weighted by atomic mass is 10.1. The number of rotatable bonds is 12. The minimum atomic E-state index is -3.86. The summed E-state index contributed by atoms with van der Waals surface area (Å²) in [5, 5.41) is 2.95. The highest BCUT2D eigenvalue weighted by molar-refractivity contribution is 7.92. The second kappa shape index (κ2) is 13.5. The van der Waals surface area contributed by atoms with Crippen molar-refractivity contribution < 1.29 is 27.5 Å². The van der Waals surface area contributed by atoms with Gasteiger partial charge >= 0.3 is 0 Å². The fraction of sp³-hybridized carbons (Fsp3) is 0.355. The number of hydrogen-bond donors (Lipinski definition) is 1. The largest absolute Gasteiger partial charge is 0.497 e. The van der Waals surface area contributed by atoms with Crippen LogP contribution in [0.15, 0.2) is 78.9 Å². The van der Waals surface area contributed by atoms with Crippen molar-refractivity contribution in [3.63, 3.8) is 0 Å². The highest BCUT2D eigenvalue weighted by atomic mass is 32.2. The molecule has 0 unspecified atom stereocenters. The Kier molecular flexibility index (Phi) is 10.4. The molecule has 1 atom stereocenters. The molecule has 10 heteroatoms. The van der Waals surface area contributed by atoms with Crippen LogP contribution in [0.3, 0.4) is 0 Å². The van der Waals surface area contributed by atoms with Crippen LogP contribution in [0.5, 0.6) is 17.2 Å². The molecule has 0 aromatic heterocycles. The molecule has 0 saturated heterocycles. The van der Waals surface area contributed by atoms with E-state index in [1.807, 2.05) is 64.1 Å². The third-order valence-corrected chi connectivity index (χ3v) is 7.29. The predicted octanol–water partition coefficient (Wildman–Crippen LogP) is 4.98. The van der Waals surface area contributed by atoms with E-state index in [1.165, 1.54) is 4.90 Å². The highest BCUT2D eigenvalue weighted by Gasteiger charge is 2.33. The van der Waals surface area contributed by atoms with Crippen LogP contribution in [-0.2, 0) is 26.2 Å². The number of nitrogens with zero attached hydrogens (tertiary/aromatic N) is 2. The van der Waals surface area contributed by atoms with Crippen LogP contribution >= 0.6 is 0 Å². The van der Waals surface area contributed by atoms with Crippen LogP contribution in [0.25, 0.3) is 0 Å². The lowest BCUT2D eigenvalue weighted by Crippen LogP contribution is -2.55. The van der Waals surface area contributed by atoms with E-state index in [9.17, 15) is 18.0 Å². The summed E-state index contributed by atoms with van der Waals surface area (Å²) in [7, 11) is -2.31. The van der Waals surface area contributed by atoms with Gasteiger partial charge in [-0.3, -0.25) is 13.9 Å². The number of sulfonamides is 1. The van der Waals surface area contributed by atoms with Gasteiger partial charge in [0, 0.05) is 12.1 Å². The van der Waals surface area contributed by atoms with Crippen molar-refractivity contribution in [2.45, 2.75) is 52.2 Å². The Morgan fingerprint density at radius 3 is 2.07 bits per heavy atom. The summed E-state index contributed by atoms with van der Waals surface area (Å²) < 4.78 is 38.0. The molecule has 0 aliphatic carbocycles. The molecule has 0 fully saturated rings. The average Bonchev–Trinajstić information content (AvgIpc) is 2.91. The Morgan fingerprint density at radius 2 is 1.51 bits per heavy atom. The molecule has 3 aromatic rings. The number of ether oxygens (including phenoxy) is 2. The van der Waals surface area contributed by atoms with Crippen LogP contribution in [0.4, 0.5) is 5.69 Å². The number of para-hydroxylation sites is 1. The average molecular weight is 582 g/mol. The minimum Gasteiger partial charge on any atom is -0.497 e. The first-order valence-electron chi connectivity index (χ1n) is 13.4. The molecule has 0 saturated carbocycles. The van der Waals surface area contributed by atoms with Crippen LogP contribution in [-0.4, -0.2) is 56.6 Å². The van der Waals surface area contributed by atoms with Gasteiger partial charge in [0.05, 0.1) is 19.1 Å². The molecule has 2 amide bonds. The zero-order chi connectivity index (χ0) is 30.2. The first-order valence-corrected chi connectivity index (χ1v) is 15.2. The van der Waals surface area contributed by atoms with E-state index in [0.29, 0.717) is 29.4 Å². The number of anilines is 1. The van der Waals surface area contributed by atoms with E-state index in [0.717, 1.165) is 16.1 Å². The zero-order valence-corrected chi connectivity index (χ0v) is 25.3. The van der Waals surface area contributed by atoms with Crippen molar-refractivity contribution in [1.82, 2.24) is 10.2 Å². The third-order valence-electron chi connectivity index (χ3n) is 6.15. The first kappa shape index (κ1) is 31.5. The van der Waals surface area contributed by atoms with Gasteiger partial charge in [-0.2, -0.15) is 0 Å². The molecule has 220 valence electrons. The zero-order valence-electron chi connectivity index (χ0n) is 24.5. The van der Waals surface area contributed by atoms with Gasteiger partial charge in [0.25, 0.3) is 0 Å². The SMILES string of the molecule is CC[C@@H](C(=O)NC(C)(C)C)N(Cc1cccc(OC)c1)C(=O)CN(c1ccc(Oc2ccccc2)cc1)S(C)(=O)=O. The Morgan fingerprint density at radius 1 is 0.902 bits per heavy atom. The second-order valence-corrected chi connectivity index (χ2v) is 12.6. The van der Waals surface area contributed by atoms with Gasteiger partial charge in [-0.05, 0) is 81.3 Å². The summed E-state index contributed by atoms with van der Waals surface area (Å²) in [6.07, 6.45) is 1.38. The van der Waals surface area contributed by atoms with Crippen molar-refractivity contribution in [3.05, 3.63) is 84.4 Å². The number of amides is 2. The molecule has 0 aliphatic rings. The minimum absolute atomic E-state index is 0.0908. The Hall–Kier alpha value is -4.05. The van der Waals surface area contributed by atoms with E-state index in [4.69, 9.17) is 9.47 Å². The second-order valence-electron chi connectivity index (χ2n) is 10.7. The molecular formula is C31H39N3O6S. The molecule has 0 aliphatic heterocycles. The van der Waals surface area contributed by atoms with E-state index in [2.05, 4.69) is 5.32 Å². The van der Waals surface area contributed by atoms with Gasteiger partial charge < -0.3 is 19.7 Å². The topological polar surface area (TPSA) is 105 Å². The van der Waals surface area contributed by atoms with E-state index < -0.39 is 34.1 Å². The van der Waals surface area contributed by atoms with Crippen molar-refractivity contribution in [1.29, 1.82) is 0 Å². The van der Waals surface area contributed by atoms with Crippen molar-refractivity contribution in [2.24, 2.45) is 0 Å². The number of nitrogens with one attached hydrogen (secondary N) is 1. The normalized spacial score (nSPS) is 12.2. The lowest BCUT2D eigenvalue weighted by Gasteiger charge is -2.34. The summed E-state index contributed by atoms with van der Waals surface area (Å²) in [6, 6.07) is 22.0. The summed E-state index contributed by atoms with van der Waals surface area (Å²) in [5.74, 6) is 0.938.